The number of fused-ring (bicyclic) bond motifs is 1. The highest BCUT2D eigenvalue weighted by molar-refractivity contribution is 7.92. The van der Waals surface area contributed by atoms with Crippen LogP contribution in [-0.2, 0) is 14.8 Å². The third kappa shape index (κ3) is 3.58. The van der Waals surface area contributed by atoms with E-state index in [1.807, 2.05) is 6.92 Å². The zero-order valence-corrected chi connectivity index (χ0v) is 16.6. The summed E-state index contributed by atoms with van der Waals surface area (Å²) in [6.45, 7) is 1.86. The number of ether oxygens (including phenoxy) is 1. The first-order valence-corrected chi connectivity index (χ1v) is 11.0. The van der Waals surface area contributed by atoms with Gasteiger partial charge in [-0.15, -0.1) is 0 Å². The van der Waals surface area contributed by atoms with Crippen LogP contribution in [0.4, 0.5) is 5.69 Å². The number of sulfonamides is 1. The van der Waals surface area contributed by atoms with Gasteiger partial charge in [-0.25, -0.2) is 8.42 Å². The van der Waals surface area contributed by atoms with E-state index in [1.54, 1.807) is 48.5 Å². The first-order chi connectivity index (χ1) is 13.4. The molecule has 1 fully saturated rings. The molecule has 7 heteroatoms. The third-order valence-electron chi connectivity index (χ3n) is 5.34. The average molecular weight is 401 g/mol. The molecule has 148 valence electrons. The van der Waals surface area contributed by atoms with Crippen LogP contribution in [0.25, 0.3) is 0 Å². The second kappa shape index (κ2) is 7.47. The maximum Gasteiger partial charge on any atom is 0.264 e. The van der Waals surface area contributed by atoms with Crippen LogP contribution < -0.4 is 14.4 Å². The fourth-order valence-corrected chi connectivity index (χ4v) is 5.24. The number of hydrogen-bond donors (Lipinski definition) is 1. The van der Waals surface area contributed by atoms with Crippen molar-refractivity contribution < 1.29 is 17.9 Å². The third-order valence-corrected chi connectivity index (χ3v) is 7.13. The summed E-state index contributed by atoms with van der Waals surface area (Å²) < 4.78 is 33.8. The summed E-state index contributed by atoms with van der Waals surface area (Å²) in [5, 5.41) is 3.01. The molecule has 0 saturated heterocycles. The lowest BCUT2D eigenvalue weighted by molar-refractivity contribution is -0.128. The summed E-state index contributed by atoms with van der Waals surface area (Å²) in [6, 6.07) is 13.8. The molecule has 0 spiro atoms. The van der Waals surface area contributed by atoms with Crippen molar-refractivity contribution in [1.82, 2.24) is 5.32 Å². The highest BCUT2D eigenvalue weighted by atomic mass is 32.2. The van der Waals surface area contributed by atoms with Crippen LogP contribution in [0.2, 0.25) is 0 Å². The maximum absolute atomic E-state index is 13.3. The molecule has 1 saturated carbocycles. The number of nitrogens with zero attached hydrogens (tertiary/aromatic N) is 1. The van der Waals surface area contributed by atoms with Gasteiger partial charge in [-0.2, -0.15) is 0 Å². The van der Waals surface area contributed by atoms with E-state index in [2.05, 4.69) is 5.32 Å². The molecule has 0 aromatic heterocycles. The molecule has 0 radical (unpaired) electrons. The van der Waals surface area contributed by atoms with E-state index < -0.39 is 16.1 Å². The molecule has 4 rings (SSSR count). The second-order valence-corrected chi connectivity index (χ2v) is 9.28. The molecule has 28 heavy (non-hydrogen) atoms. The molecule has 1 amide bonds. The minimum absolute atomic E-state index is 0.0498. The van der Waals surface area contributed by atoms with Crippen molar-refractivity contribution in [3.8, 4) is 5.75 Å². The van der Waals surface area contributed by atoms with E-state index >= 15 is 0 Å². The van der Waals surface area contributed by atoms with Gasteiger partial charge >= 0.3 is 0 Å². The van der Waals surface area contributed by atoms with Gasteiger partial charge in [0.05, 0.1) is 17.1 Å². The van der Waals surface area contributed by atoms with Crippen LogP contribution in [0.1, 0.15) is 31.2 Å². The molecule has 1 aliphatic heterocycles. The van der Waals surface area contributed by atoms with E-state index in [-0.39, 0.29) is 23.4 Å². The van der Waals surface area contributed by atoms with Crippen molar-refractivity contribution in [1.29, 1.82) is 0 Å². The number of rotatable bonds is 4. The fourth-order valence-electron chi connectivity index (χ4n) is 3.77. The number of para-hydroxylation sites is 2. The molecule has 6 nitrogen and oxygen atoms in total. The van der Waals surface area contributed by atoms with Crippen molar-refractivity contribution in [2.24, 2.45) is 0 Å². The summed E-state index contributed by atoms with van der Waals surface area (Å²) in [5.41, 5.74) is 1.43. The molecule has 1 heterocycles. The molecular weight excluding hydrogens is 376 g/mol. The molecule has 1 aliphatic carbocycles. The Balaban J connectivity index is 1.65. The van der Waals surface area contributed by atoms with E-state index in [1.165, 1.54) is 4.31 Å². The molecule has 2 aromatic rings. The Labute approximate surface area is 165 Å². The van der Waals surface area contributed by atoms with Crippen LogP contribution in [0.15, 0.2) is 53.4 Å². The SMILES string of the molecule is Cc1ccc(S(=O)(=O)N2C[C@H](C(=O)NC3CCCC3)Oc3ccccc32)cc1. The summed E-state index contributed by atoms with van der Waals surface area (Å²) >= 11 is 0. The molecule has 0 unspecified atom stereocenters. The molecule has 0 bridgehead atoms. The Bertz CT molecular complexity index is 966. The van der Waals surface area contributed by atoms with Gasteiger partial charge in [-0.05, 0) is 44.0 Å². The van der Waals surface area contributed by atoms with E-state index in [0.29, 0.717) is 11.4 Å². The standard InChI is InChI=1S/C21H24N2O4S/c1-15-10-12-17(13-11-15)28(25,26)23-14-20(21(24)22-16-6-2-3-7-16)27-19-9-5-4-8-18(19)23/h4-5,8-13,16,20H,2-3,6-7,14H2,1H3,(H,22,24)/t20-/m1/s1. The Morgan fingerprint density at radius 2 is 1.75 bits per heavy atom. The lowest BCUT2D eigenvalue weighted by Crippen LogP contribution is -2.52. The number of hydrogen-bond acceptors (Lipinski definition) is 4. The van der Waals surface area contributed by atoms with Crippen LogP contribution in [-0.4, -0.2) is 33.0 Å². The van der Waals surface area contributed by atoms with E-state index in [9.17, 15) is 13.2 Å². The van der Waals surface area contributed by atoms with Gasteiger partial charge in [0.2, 0.25) is 0 Å². The number of amides is 1. The number of carbonyl (C=O) groups is 1. The predicted octanol–water partition coefficient (Wildman–Crippen LogP) is 3.01. The molecular formula is C21H24N2O4S. The second-order valence-electron chi connectivity index (χ2n) is 7.41. The van der Waals surface area contributed by atoms with Crippen LogP contribution in [0, 0.1) is 6.92 Å². The highest BCUT2D eigenvalue weighted by Crippen LogP contribution is 2.37. The number of carbonyl (C=O) groups excluding carboxylic acids is 1. The Morgan fingerprint density at radius 3 is 2.46 bits per heavy atom. The van der Waals surface area contributed by atoms with Gasteiger partial charge in [-0.3, -0.25) is 9.10 Å². The van der Waals surface area contributed by atoms with Gasteiger partial charge in [0.1, 0.15) is 5.75 Å². The first kappa shape index (κ1) is 18.8. The number of anilines is 1. The Morgan fingerprint density at radius 1 is 1.07 bits per heavy atom. The van der Waals surface area contributed by atoms with Crippen LogP contribution >= 0.6 is 0 Å². The largest absolute Gasteiger partial charge is 0.476 e. The minimum atomic E-state index is -3.81. The van der Waals surface area contributed by atoms with Crippen molar-refractivity contribution in [2.45, 2.75) is 49.6 Å². The minimum Gasteiger partial charge on any atom is -0.476 e. The van der Waals surface area contributed by atoms with Crippen molar-refractivity contribution in [3.05, 3.63) is 54.1 Å². The van der Waals surface area contributed by atoms with Gasteiger partial charge < -0.3 is 10.1 Å². The first-order valence-electron chi connectivity index (χ1n) is 9.60. The summed E-state index contributed by atoms with van der Waals surface area (Å²) in [6.07, 6.45) is 3.25. The Hall–Kier alpha value is -2.54. The molecule has 1 N–H and O–H groups in total. The smallest absolute Gasteiger partial charge is 0.264 e. The van der Waals surface area contributed by atoms with E-state index in [0.717, 1.165) is 31.2 Å². The Kier molecular flexibility index (Phi) is 5.02. The van der Waals surface area contributed by atoms with Gasteiger partial charge in [0.15, 0.2) is 6.10 Å². The quantitative estimate of drug-likeness (QED) is 0.856. The van der Waals surface area contributed by atoms with Gasteiger partial charge in [0, 0.05) is 6.04 Å². The lowest BCUT2D eigenvalue weighted by atomic mass is 10.2. The predicted molar refractivity (Wildman–Crippen MR) is 107 cm³/mol. The lowest BCUT2D eigenvalue weighted by Gasteiger charge is -2.35. The van der Waals surface area contributed by atoms with Crippen molar-refractivity contribution >= 4 is 21.6 Å². The highest BCUT2D eigenvalue weighted by Gasteiger charge is 2.38. The molecule has 1 atom stereocenters. The molecule has 2 aliphatic rings. The zero-order chi connectivity index (χ0) is 19.7. The number of aryl methyl sites for hydroxylation is 1. The average Bonchev–Trinajstić information content (AvgIpc) is 3.20. The summed E-state index contributed by atoms with van der Waals surface area (Å²) in [5.74, 6) is 0.140. The number of nitrogens with one attached hydrogen (secondary N) is 1. The van der Waals surface area contributed by atoms with Crippen molar-refractivity contribution in [2.75, 3.05) is 10.8 Å². The fraction of sp³-hybridized carbons (Fsp3) is 0.381. The summed E-state index contributed by atoms with van der Waals surface area (Å²) in [7, 11) is -3.81. The topological polar surface area (TPSA) is 75.7 Å². The normalized spacial score (nSPS) is 19.8. The van der Waals surface area contributed by atoms with Crippen molar-refractivity contribution in [3.63, 3.8) is 0 Å². The maximum atomic E-state index is 13.3. The van der Waals surface area contributed by atoms with E-state index in [4.69, 9.17) is 4.74 Å². The zero-order valence-electron chi connectivity index (χ0n) is 15.8. The molecule has 2 aromatic carbocycles. The van der Waals surface area contributed by atoms with Crippen LogP contribution in [0.5, 0.6) is 5.75 Å². The van der Waals surface area contributed by atoms with Crippen LogP contribution in [0.3, 0.4) is 0 Å². The van der Waals surface area contributed by atoms with Gasteiger partial charge in [0.25, 0.3) is 15.9 Å². The monoisotopic (exact) mass is 400 g/mol. The summed E-state index contributed by atoms with van der Waals surface area (Å²) in [4.78, 5) is 13.0. The number of benzene rings is 2. The van der Waals surface area contributed by atoms with Gasteiger partial charge in [-0.1, -0.05) is 42.7 Å².